The summed E-state index contributed by atoms with van der Waals surface area (Å²) in [4.78, 5) is 19.6. The fourth-order valence-corrected chi connectivity index (χ4v) is 3.55. The molecule has 0 unspecified atom stereocenters. The first-order chi connectivity index (χ1) is 12.6. The van der Waals surface area contributed by atoms with Crippen LogP contribution in [0.3, 0.4) is 0 Å². The van der Waals surface area contributed by atoms with Crippen molar-refractivity contribution in [2.75, 3.05) is 0 Å². The standard InChI is InChI=1S/C18H14N4O3S/c1-10-2-3-12(9-19-10)11-4-5-13-14(6-11)26-17(20-13)7-15-21-22-16(25-15)8-18(23)24/h2-6,9H,7-8H2,1H3,(H,23,24). The molecule has 0 saturated heterocycles. The number of carboxylic acids is 1. The van der Waals surface area contributed by atoms with Crippen molar-refractivity contribution in [3.63, 3.8) is 0 Å². The van der Waals surface area contributed by atoms with E-state index in [-0.39, 0.29) is 12.3 Å². The van der Waals surface area contributed by atoms with Gasteiger partial charge in [0.05, 0.1) is 16.6 Å². The van der Waals surface area contributed by atoms with Crippen molar-refractivity contribution in [2.24, 2.45) is 0 Å². The lowest BCUT2D eigenvalue weighted by Crippen LogP contribution is -1.99. The average Bonchev–Trinajstić information content (AvgIpc) is 3.20. The van der Waals surface area contributed by atoms with Gasteiger partial charge in [0.25, 0.3) is 0 Å². The molecule has 0 radical (unpaired) electrons. The third kappa shape index (κ3) is 3.45. The zero-order valence-corrected chi connectivity index (χ0v) is 14.7. The number of carbonyl (C=O) groups is 1. The highest BCUT2D eigenvalue weighted by atomic mass is 32.1. The molecule has 0 fully saturated rings. The Kier molecular flexibility index (Phi) is 4.18. The van der Waals surface area contributed by atoms with Gasteiger partial charge in [-0.2, -0.15) is 0 Å². The summed E-state index contributed by atoms with van der Waals surface area (Å²) in [6.45, 7) is 1.96. The van der Waals surface area contributed by atoms with Crippen molar-refractivity contribution in [3.05, 3.63) is 59.0 Å². The Labute approximate surface area is 152 Å². The smallest absolute Gasteiger partial charge is 0.312 e. The molecular formula is C18H14N4O3S. The molecule has 0 atom stereocenters. The van der Waals surface area contributed by atoms with Gasteiger partial charge in [0.2, 0.25) is 11.8 Å². The molecule has 0 aliphatic rings. The van der Waals surface area contributed by atoms with Crippen LogP contribution in [0.25, 0.3) is 21.3 Å². The highest BCUT2D eigenvalue weighted by Crippen LogP contribution is 2.29. The van der Waals surface area contributed by atoms with Crippen molar-refractivity contribution in [1.82, 2.24) is 20.2 Å². The van der Waals surface area contributed by atoms with Gasteiger partial charge in [-0.25, -0.2) is 4.98 Å². The molecule has 3 heterocycles. The quantitative estimate of drug-likeness (QED) is 0.578. The number of aromatic nitrogens is 4. The predicted molar refractivity (Wildman–Crippen MR) is 96.0 cm³/mol. The fourth-order valence-electron chi connectivity index (χ4n) is 2.56. The van der Waals surface area contributed by atoms with Crippen LogP contribution in [0.4, 0.5) is 0 Å². The highest BCUT2D eigenvalue weighted by Gasteiger charge is 2.13. The van der Waals surface area contributed by atoms with E-state index in [1.54, 1.807) is 11.3 Å². The van der Waals surface area contributed by atoms with Crippen molar-refractivity contribution >= 4 is 27.5 Å². The normalized spacial score (nSPS) is 11.1. The Bertz CT molecular complexity index is 1090. The number of hydrogen-bond acceptors (Lipinski definition) is 7. The number of thiazole rings is 1. The topological polar surface area (TPSA) is 102 Å². The second kappa shape index (κ2) is 6.64. The SMILES string of the molecule is Cc1ccc(-c2ccc3nc(Cc4nnc(CC(=O)O)o4)sc3c2)cn1. The Hall–Kier alpha value is -3.13. The summed E-state index contributed by atoms with van der Waals surface area (Å²) in [6.07, 6.45) is 1.97. The van der Waals surface area contributed by atoms with Crippen molar-refractivity contribution in [3.8, 4) is 11.1 Å². The maximum Gasteiger partial charge on any atom is 0.312 e. The second-order valence-corrected chi connectivity index (χ2v) is 6.93. The number of nitrogens with zero attached hydrogens (tertiary/aromatic N) is 4. The molecule has 4 aromatic rings. The molecule has 7 nitrogen and oxygen atoms in total. The lowest BCUT2D eigenvalue weighted by atomic mass is 10.1. The lowest BCUT2D eigenvalue weighted by Gasteiger charge is -2.01. The monoisotopic (exact) mass is 366 g/mol. The Morgan fingerprint density at radius 3 is 2.73 bits per heavy atom. The number of carboxylic acid groups (broad SMARTS) is 1. The van der Waals surface area contributed by atoms with E-state index < -0.39 is 5.97 Å². The van der Waals surface area contributed by atoms with Crippen LogP contribution in [0, 0.1) is 6.92 Å². The van der Waals surface area contributed by atoms with E-state index in [1.807, 2.05) is 37.4 Å². The van der Waals surface area contributed by atoms with Crippen LogP contribution in [-0.2, 0) is 17.6 Å². The Balaban J connectivity index is 1.58. The number of rotatable bonds is 5. The van der Waals surface area contributed by atoms with E-state index in [0.717, 1.165) is 32.0 Å². The summed E-state index contributed by atoms with van der Waals surface area (Å²) in [5.74, 6) is -0.538. The zero-order valence-electron chi connectivity index (χ0n) is 13.8. The van der Waals surface area contributed by atoms with Gasteiger partial charge in [0.1, 0.15) is 11.4 Å². The molecule has 1 N–H and O–H groups in total. The molecule has 8 heteroatoms. The van der Waals surface area contributed by atoms with Crippen LogP contribution < -0.4 is 0 Å². The molecule has 130 valence electrons. The molecular weight excluding hydrogens is 352 g/mol. The van der Waals surface area contributed by atoms with Gasteiger partial charge in [-0.05, 0) is 30.7 Å². The van der Waals surface area contributed by atoms with E-state index in [4.69, 9.17) is 9.52 Å². The van der Waals surface area contributed by atoms with Crippen molar-refractivity contribution < 1.29 is 14.3 Å². The molecule has 1 aromatic carbocycles. The van der Waals surface area contributed by atoms with Gasteiger partial charge in [0, 0.05) is 17.5 Å². The van der Waals surface area contributed by atoms with E-state index in [9.17, 15) is 4.79 Å². The largest absolute Gasteiger partial charge is 0.481 e. The maximum absolute atomic E-state index is 10.7. The van der Waals surface area contributed by atoms with Crippen molar-refractivity contribution in [1.29, 1.82) is 0 Å². The van der Waals surface area contributed by atoms with Gasteiger partial charge in [-0.1, -0.05) is 12.1 Å². The van der Waals surface area contributed by atoms with Crippen molar-refractivity contribution in [2.45, 2.75) is 19.8 Å². The van der Waals surface area contributed by atoms with Crippen LogP contribution in [-0.4, -0.2) is 31.2 Å². The van der Waals surface area contributed by atoms with Crippen LogP contribution >= 0.6 is 11.3 Å². The number of fused-ring (bicyclic) bond motifs is 1. The lowest BCUT2D eigenvalue weighted by molar-refractivity contribution is -0.136. The summed E-state index contributed by atoms with van der Waals surface area (Å²) >= 11 is 1.55. The minimum Gasteiger partial charge on any atom is -0.481 e. The molecule has 0 bridgehead atoms. The molecule has 0 saturated carbocycles. The summed E-state index contributed by atoms with van der Waals surface area (Å²) < 4.78 is 6.41. The van der Waals surface area contributed by atoms with Gasteiger partial charge < -0.3 is 9.52 Å². The number of aliphatic carboxylic acids is 1. The van der Waals surface area contributed by atoms with Gasteiger partial charge in [0.15, 0.2) is 0 Å². The van der Waals surface area contributed by atoms with Gasteiger partial charge in [-0.15, -0.1) is 21.5 Å². The molecule has 0 amide bonds. The first-order valence-electron chi connectivity index (χ1n) is 7.92. The van der Waals surface area contributed by atoms with E-state index in [0.29, 0.717) is 12.3 Å². The summed E-state index contributed by atoms with van der Waals surface area (Å²) in [5.41, 5.74) is 4.03. The van der Waals surface area contributed by atoms with Gasteiger partial charge in [-0.3, -0.25) is 9.78 Å². The van der Waals surface area contributed by atoms with Gasteiger partial charge >= 0.3 is 5.97 Å². The summed E-state index contributed by atoms with van der Waals surface area (Å²) in [7, 11) is 0. The van der Waals surface area contributed by atoms with Crippen LogP contribution in [0.1, 0.15) is 22.5 Å². The molecule has 0 aliphatic heterocycles. The fraction of sp³-hybridized carbons (Fsp3) is 0.167. The Morgan fingerprint density at radius 1 is 1.15 bits per heavy atom. The Morgan fingerprint density at radius 2 is 1.96 bits per heavy atom. The van der Waals surface area contributed by atoms with Crippen LogP contribution in [0.15, 0.2) is 40.9 Å². The molecule has 0 aliphatic carbocycles. The number of pyridine rings is 1. The van der Waals surface area contributed by atoms with E-state index in [1.165, 1.54) is 0 Å². The first-order valence-corrected chi connectivity index (χ1v) is 8.74. The highest BCUT2D eigenvalue weighted by molar-refractivity contribution is 7.18. The maximum atomic E-state index is 10.7. The number of hydrogen-bond donors (Lipinski definition) is 1. The molecule has 4 rings (SSSR count). The minimum atomic E-state index is -1.00. The molecule has 3 aromatic heterocycles. The van der Waals surface area contributed by atoms with E-state index in [2.05, 4.69) is 26.2 Å². The molecule has 0 spiro atoms. The third-order valence-corrected chi connectivity index (χ3v) is 4.81. The average molecular weight is 366 g/mol. The molecule has 26 heavy (non-hydrogen) atoms. The van der Waals surface area contributed by atoms with E-state index >= 15 is 0 Å². The second-order valence-electron chi connectivity index (χ2n) is 5.82. The summed E-state index contributed by atoms with van der Waals surface area (Å²) in [6, 6.07) is 10.1. The van der Waals surface area contributed by atoms with Crippen LogP contribution in [0.2, 0.25) is 0 Å². The first kappa shape index (κ1) is 16.3. The zero-order chi connectivity index (χ0) is 18.1. The predicted octanol–water partition coefficient (Wildman–Crippen LogP) is 3.27. The minimum absolute atomic E-state index is 0.0998. The number of aryl methyl sites for hydroxylation is 1. The number of benzene rings is 1. The third-order valence-electron chi connectivity index (χ3n) is 3.79. The summed E-state index contributed by atoms with van der Waals surface area (Å²) in [5, 5.41) is 17.2. The van der Waals surface area contributed by atoms with Crippen LogP contribution in [0.5, 0.6) is 0 Å².